The Morgan fingerprint density at radius 3 is 2.71 bits per heavy atom. The van der Waals surface area contributed by atoms with Gasteiger partial charge in [0.1, 0.15) is 11.3 Å². The Balaban J connectivity index is 3.15. The highest BCUT2D eigenvalue weighted by Gasteiger charge is 2.16. The molecule has 1 unspecified atom stereocenters. The van der Waals surface area contributed by atoms with Crippen LogP contribution in [-0.2, 0) is 16.0 Å². The molecule has 17 heavy (non-hydrogen) atoms. The first-order valence-electron chi connectivity index (χ1n) is 4.84. The first-order valence-corrected chi connectivity index (χ1v) is 5.94. The van der Waals surface area contributed by atoms with Crippen molar-refractivity contribution in [3.8, 4) is 5.75 Å². The molecule has 1 aromatic rings. The minimum atomic E-state index is -2.24. The van der Waals surface area contributed by atoms with Crippen LogP contribution in [0.3, 0.4) is 0 Å². The van der Waals surface area contributed by atoms with E-state index in [2.05, 4.69) is 4.72 Å². The van der Waals surface area contributed by atoms with Gasteiger partial charge in [-0.05, 0) is 31.5 Å². The summed E-state index contributed by atoms with van der Waals surface area (Å²) in [7, 11) is 0. The Morgan fingerprint density at radius 2 is 2.18 bits per heavy atom. The van der Waals surface area contributed by atoms with Crippen LogP contribution in [0, 0.1) is 6.92 Å². The van der Waals surface area contributed by atoms with E-state index in [1.807, 2.05) is 0 Å². The highest BCUT2D eigenvalue weighted by molar-refractivity contribution is 7.80. The zero-order valence-electron chi connectivity index (χ0n) is 9.39. The molecule has 1 rings (SSSR count). The van der Waals surface area contributed by atoms with Gasteiger partial charge in [-0.3, -0.25) is 9.27 Å². The average Bonchev–Trinajstić information content (AvgIpc) is 2.22. The van der Waals surface area contributed by atoms with E-state index >= 15 is 0 Å². The van der Waals surface area contributed by atoms with Crippen molar-refractivity contribution in [3.05, 3.63) is 23.3 Å². The van der Waals surface area contributed by atoms with Crippen LogP contribution >= 0.6 is 0 Å². The third kappa shape index (κ3) is 3.43. The number of benzene rings is 1. The van der Waals surface area contributed by atoms with Crippen LogP contribution in [0.1, 0.15) is 22.8 Å². The number of hydrogen-bond acceptors (Lipinski definition) is 4. The minimum absolute atomic E-state index is 0.0419. The van der Waals surface area contributed by atoms with Gasteiger partial charge in [-0.25, -0.2) is 9.00 Å². The van der Waals surface area contributed by atoms with Crippen molar-refractivity contribution in [2.45, 2.75) is 13.8 Å². The van der Waals surface area contributed by atoms with E-state index in [4.69, 9.17) is 9.29 Å². The summed E-state index contributed by atoms with van der Waals surface area (Å²) in [4.78, 5) is 11.5. The quantitative estimate of drug-likeness (QED) is 0.432. The maximum Gasteiger partial charge on any atom is 0.341 e. The number of esters is 1. The second kappa shape index (κ2) is 5.65. The number of aromatic hydroxyl groups is 1. The smallest absolute Gasteiger partial charge is 0.341 e. The number of carbonyl (C=O) groups excluding carboxylic acids is 1. The molecule has 1 atom stereocenters. The summed E-state index contributed by atoms with van der Waals surface area (Å²) in [6.45, 7) is 3.40. The molecule has 94 valence electrons. The molecular weight excluding hydrogens is 246 g/mol. The van der Waals surface area contributed by atoms with Crippen molar-refractivity contribution in [3.63, 3.8) is 0 Å². The first-order chi connectivity index (χ1) is 7.95. The zero-order chi connectivity index (χ0) is 13.0. The molecule has 0 heterocycles. The van der Waals surface area contributed by atoms with Crippen molar-refractivity contribution in [1.29, 1.82) is 0 Å². The van der Waals surface area contributed by atoms with Crippen LogP contribution in [0.15, 0.2) is 12.1 Å². The van der Waals surface area contributed by atoms with Crippen LogP contribution in [0.2, 0.25) is 0 Å². The number of rotatable bonds is 4. The fraction of sp³-hybridized carbons (Fsp3) is 0.300. The molecule has 0 aliphatic heterocycles. The van der Waals surface area contributed by atoms with Gasteiger partial charge in [0.25, 0.3) is 11.3 Å². The molecule has 0 radical (unpaired) electrons. The number of aryl methyl sites for hydroxylation is 1. The normalized spacial score (nSPS) is 11.9. The van der Waals surface area contributed by atoms with Crippen molar-refractivity contribution < 1.29 is 23.4 Å². The van der Waals surface area contributed by atoms with Gasteiger partial charge in [-0.1, -0.05) is 0 Å². The van der Waals surface area contributed by atoms with Gasteiger partial charge in [0.15, 0.2) is 0 Å². The zero-order valence-corrected chi connectivity index (χ0v) is 10.2. The molecule has 7 heteroatoms. The standard InChI is InChI=1S/C10H13NO5S/c1-3-16-10(13)8-5-7(11-17(14)15)4-6(2)9(8)12/h4-5,11-12H,3H2,1-2H3,(H,14,15). The van der Waals surface area contributed by atoms with Gasteiger partial charge < -0.3 is 9.84 Å². The lowest BCUT2D eigenvalue weighted by Gasteiger charge is -2.09. The van der Waals surface area contributed by atoms with E-state index < -0.39 is 17.2 Å². The Bertz CT molecular complexity index is 460. The fourth-order valence-electron chi connectivity index (χ4n) is 1.30. The first kappa shape index (κ1) is 13.5. The van der Waals surface area contributed by atoms with E-state index in [1.54, 1.807) is 13.8 Å². The molecule has 0 spiro atoms. The largest absolute Gasteiger partial charge is 0.507 e. The highest BCUT2D eigenvalue weighted by atomic mass is 32.2. The van der Waals surface area contributed by atoms with Crippen LogP contribution < -0.4 is 4.72 Å². The van der Waals surface area contributed by atoms with Gasteiger partial charge in [-0.2, -0.15) is 0 Å². The Hall–Kier alpha value is -1.60. The lowest BCUT2D eigenvalue weighted by atomic mass is 10.1. The highest BCUT2D eigenvalue weighted by Crippen LogP contribution is 2.27. The predicted molar refractivity (Wildman–Crippen MR) is 63.2 cm³/mol. The second-order valence-electron chi connectivity index (χ2n) is 3.26. The minimum Gasteiger partial charge on any atom is -0.507 e. The molecule has 1 aromatic carbocycles. The van der Waals surface area contributed by atoms with Crippen LogP contribution in [0.25, 0.3) is 0 Å². The van der Waals surface area contributed by atoms with Crippen LogP contribution in [0.4, 0.5) is 5.69 Å². The summed E-state index contributed by atoms with van der Waals surface area (Å²) in [5.41, 5.74) is 0.618. The topological polar surface area (TPSA) is 95.9 Å². The molecule has 0 saturated heterocycles. The Kier molecular flexibility index (Phi) is 4.47. The third-order valence-corrected chi connectivity index (χ3v) is 2.41. The van der Waals surface area contributed by atoms with Crippen molar-refractivity contribution in [1.82, 2.24) is 0 Å². The van der Waals surface area contributed by atoms with Crippen LogP contribution in [0.5, 0.6) is 5.75 Å². The maximum absolute atomic E-state index is 11.5. The van der Waals surface area contributed by atoms with Gasteiger partial charge in [0, 0.05) is 5.69 Å². The van der Waals surface area contributed by atoms with E-state index in [1.165, 1.54) is 12.1 Å². The number of phenols is 1. The van der Waals surface area contributed by atoms with E-state index in [-0.39, 0.29) is 23.6 Å². The molecule has 3 N–H and O–H groups in total. The molecule has 0 aliphatic rings. The maximum atomic E-state index is 11.5. The van der Waals surface area contributed by atoms with E-state index in [9.17, 15) is 14.1 Å². The number of ether oxygens (including phenoxy) is 1. The molecule has 0 fully saturated rings. The summed E-state index contributed by atoms with van der Waals surface area (Å²) in [6.07, 6.45) is 0. The third-order valence-electron chi connectivity index (χ3n) is 2.00. The number of anilines is 1. The van der Waals surface area contributed by atoms with E-state index in [0.717, 1.165) is 0 Å². The van der Waals surface area contributed by atoms with Gasteiger partial charge in [0.2, 0.25) is 0 Å². The van der Waals surface area contributed by atoms with Crippen molar-refractivity contribution >= 4 is 22.9 Å². The van der Waals surface area contributed by atoms with Gasteiger partial charge in [-0.15, -0.1) is 0 Å². The Morgan fingerprint density at radius 1 is 1.53 bits per heavy atom. The summed E-state index contributed by atoms with van der Waals surface area (Å²) in [5.74, 6) is -0.877. The molecule has 0 amide bonds. The molecule has 0 saturated carbocycles. The number of hydrogen-bond donors (Lipinski definition) is 3. The molecule has 6 nitrogen and oxygen atoms in total. The number of carbonyl (C=O) groups is 1. The lowest BCUT2D eigenvalue weighted by molar-refractivity contribution is 0.0523. The van der Waals surface area contributed by atoms with Crippen LogP contribution in [-0.4, -0.2) is 26.4 Å². The average molecular weight is 259 g/mol. The summed E-state index contributed by atoms with van der Waals surface area (Å²) in [6, 6.07) is 2.71. The number of phenolic OH excluding ortho intramolecular Hbond substituents is 1. The lowest BCUT2D eigenvalue weighted by Crippen LogP contribution is -2.08. The Labute approximate surface area is 101 Å². The fourth-order valence-corrected chi connectivity index (χ4v) is 1.62. The molecule has 0 aliphatic carbocycles. The summed E-state index contributed by atoms with van der Waals surface area (Å²) >= 11 is -2.24. The van der Waals surface area contributed by atoms with E-state index in [0.29, 0.717) is 5.56 Å². The molecular formula is C10H13NO5S. The predicted octanol–water partition coefficient (Wildman–Crippen LogP) is 1.43. The van der Waals surface area contributed by atoms with Gasteiger partial charge >= 0.3 is 5.97 Å². The molecule has 0 bridgehead atoms. The van der Waals surface area contributed by atoms with Gasteiger partial charge in [0.05, 0.1) is 6.61 Å². The summed E-state index contributed by atoms with van der Waals surface area (Å²) in [5, 5.41) is 9.69. The van der Waals surface area contributed by atoms with Crippen molar-refractivity contribution in [2.75, 3.05) is 11.3 Å². The summed E-state index contributed by atoms with van der Waals surface area (Å²) < 4.78 is 26.3. The number of nitrogens with one attached hydrogen (secondary N) is 1. The monoisotopic (exact) mass is 259 g/mol. The SMILES string of the molecule is CCOC(=O)c1cc(NS(=O)O)cc(C)c1O. The molecule has 0 aromatic heterocycles. The second-order valence-corrected chi connectivity index (χ2v) is 3.96. The van der Waals surface area contributed by atoms with Crippen molar-refractivity contribution in [2.24, 2.45) is 0 Å².